The summed E-state index contributed by atoms with van der Waals surface area (Å²) in [6, 6.07) is 15.9. The number of fused-ring (bicyclic) bond motifs is 1. The number of likely N-dealkylation sites (N-methyl/N-ethyl adjacent to an activating group) is 1. The van der Waals surface area contributed by atoms with Gasteiger partial charge in [-0.15, -0.1) is 11.3 Å². The molecule has 2 aliphatic heterocycles. The molecule has 2 amide bonds. The molecule has 7 nitrogen and oxygen atoms in total. The van der Waals surface area contributed by atoms with E-state index in [1.54, 1.807) is 0 Å². The number of amides is 2. The van der Waals surface area contributed by atoms with Gasteiger partial charge in [0.05, 0.1) is 8.45 Å². The molecule has 40 heavy (non-hydrogen) atoms. The lowest BCUT2D eigenvalue weighted by Crippen LogP contribution is -2.50. The number of hydrogen-bond donors (Lipinski definition) is 2. The number of benzene rings is 2. The number of hydrogen-bond acceptors (Lipinski definition) is 6. The number of likely N-dealkylation sites (tertiary alicyclic amines) is 2. The molecule has 3 atom stereocenters. The monoisotopic (exact) mass is 674 g/mol. The Balaban J connectivity index is 1.16. The van der Waals surface area contributed by atoms with Gasteiger partial charge < -0.3 is 20.3 Å². The smallest absolute Gasteiger partial charge is 0.262 e. The quantitative estimate of drug-likeness (QED) is 0.292. The Morgan fingerprint density at radius 1 is 1.10 bits per heavy atom. The van der Waals surface area contributed by atoms with Crippen molar-refractivity contribution in [3.05, 3.63) is 62.5 Å². The van der Waals surface area contributed by atoms with Crippen molar-refractivity contribution in [2.24, 2.45) is 5.92 Å². The first kappa shape index (κ1) is 29.3. The summed E-state index contributed by atoms with van der Waals surface area (Å²) in [5.74, 6) is 0.964. The molecule has 214 valence electrons. The van der Waals surface area contributed by atoms with Crippen molar-refractivity contribution >= 4 is 55.8 Å². The Kier molecular flexibility index (Phi) is 9.65. The zero-order valence-corrected chi connectivity index (χ0v) is 26.5. The van der Waals surface area contributed by atoms with Crippen LogP contribution in [-0.2, 0) is 11.3 Å². The van der Waals surface area contributed by atoms with Crippen LogP contribution in [0.4, 0.5) is 0 Å². The molecule has 2 aromatic carbocycles. The van der Waals surface area contributed by atoms with Gasteiger partial charge in [-0.25, -0.2) is 0 Å². The molecule has 0 aliphatic carbocycles. The van der Waals surface area contributed by atoms with Gasteiger partial charge in [-0.05, 0) is 90.0 Å². The summed E-state index contributed by atoms with van der Waals surface area (Å²) in [6.45, 7) is 8.73. The van der Waals surface area contributed by atoms with Crippen LogP contribution < -0.4 is 15.4 Å². The predicted octanol–water partition coefficient (Wildman–Crippen LogP) is 5.12. The van der Waals surface area contributed by atoms with Gasteiger partial charge in [-0.1, -0.05) is 38.1 Å². The molecule has 2 aliphatic rings. The van der Waals surface area contributed by atoms with Crippen LogP contribution in [0.2, 0.25) is 0 Å². The van der Waals surface area contributed by atoms with E-state index in [1.165, 1.54) is 16.9 Å². The molecule has 3 heterocycles. The minimum absolute atomic E-state index is 0.0667. The molecule has 0 saturated carbocycles. The average molecular weight is 675 g/mol. The molecule has 2 saturated heterocycles. The Bertz CT molecular complexity index is 1310. The molecule has 1 aromatic heterocycles. The van der Waals surface area contributed by atoms with Gasteiger partial charge in [0.1, 0.15) is 17.9 Å². The van der Waals surface area contributed by atoms with Gasteiger partial charge in [0.25, 0.3) is 5.91 Å². The number of nitrogens with one attached hydrogen (secondary N) is 2. The van der Waals surface area contributed by atoms with E-state index in [2.05, 4.69) is 82.1 Å². The summed E-state index contributed by atoms with van der Waals surface area (Å²) in [7, 11) is 2.14. The molecule has 0 radical (unpaired) electrons. The van der Waals surface area contributed by atoms with Gasteiger partial charge in [0.2, 0.25) is 5.91 Å². The summed E-state index contributed by atoms with van der Waals surface area (Å²) in [4.78, 5) is 31.7. The van der Waals surface area contributed by atoms with E-state index >= 15 is 0 Å². The minimum Gasteiger partial charge on any atom is -0.488 e. The largest absolute Gasteiger partial charge is 0.488 e. The van der Waals surface area contributed by atoms with Crippen LogP contribution in [0.5, 0.6) is 5.75 Å². The standard InChI is InChI=1S/C31H39IN4O3S/c1-20(2)14-26(34-31(38)29-16-22-6-4-5-7-28(22)40-29)30(37)33-23-10-13-36(18-23)17-21-8-9-25(32)27(15-21)39-24-11-12-35(3)19-24/h4-9,15-16,20,23-24,26H,10-14,17-19H2,1-3H3,(H,33,37)(H,34,38)/t23-,24?,26-/m0/s1. The van der Waals surface area contributed by atoms with Crippen LogP contribution >= 0.6 is 33.9 Å². The number of nitrogens with zero attached hydrogens (tertiary/aromatic N) is 2. The van der Waals surface area contributed by atoms with Crippen molar-refractivity contribution in [3.8, 4) is 5.75 Å². The van der Waals surface area contributed by atoms with E-state index < -0.39 is 6.04 Å². The van der Waals surface area contributed by atoms with E-state index in [1.807, 2.05) is 30.3 Å². The first-order valence-electron chi connectivity index (χ1n) is 14.2. The third-order valence-electron chi connectivity index (χ3n) is 7.64. The maximum atomic E-state index is 13.3. The minimum atomic E-state index is -0.558. The number of carbonyl (C=O) groups excluding carboxylic acids is 2. The lowest BCUT2D eigenvalue weighted by molar-refractivity contribution is -0.124. The molecule has 0 spiro atoms. The van der Waals surface area contributed by atoms with Crippen LogP contribution in [0.25, 0.3) is 10.1 Å². The Morgan fingerprint density at radius 2 is 1.93 bits per heavy atom. The van der Waals surface area contributed by atoms with E-state index in [0.29, 0.717) is 11.3 Å². The number of carbonyl (C=O) groups is 2. The van der Waals surface area contributed by atoms with Gasteiger partial charge in [0.15, 0.2) is 0 Å². The molecule has 9 heteroatoms. The maximum absolute atomic E-state index is 13.3. The molecule has 5 rings (SSSR count). The highest BCUT2D eigenvalue weighted by molar-refractivity contribution is 14.1. The van der Waals surface area contributed by atoms with E-state index in [-0.39, 0.29) is 29.9 Å². The third kappa shape index (κ3) is 7.54. The molecular weight excluding hydrogens is 635 g/mol. The fraction of sp³-hybridized carbons (Fsp3) is 0.484. The van der Waals surface area contributed by atoms with Gasteiger partial charge >= 0.3 is 0 Å². The van der Waals surface area contributed by atoms with Crippen LogP contribution in [0.1, 0.15) is 48.3 Å². The van der Waals surface area contributed by atoms with Gasteiger partial charge in [-0.2, -0.15) is 0 Å². The van der Waals surface area contributed by atoms with Crippen molar-refractivity contribution in [2.45, 2.75) is 57.8 Å². The number of halogens is 1. The van der Waals surface area contributed by atoms with E-state index in [4.69, 9.17) is 4.74 Å². The fourth-order valence-electron chi connectivity index (χ4n) is 5.59. The lowest BCUT2D eigenvalue weighted by Gasteiger charge is -2.23. The lowest BCUT2D eigenvalue weighted by atomic mass is 10.0. The zero-order chi connectivity index (χ0) is 28.2. The highest BCUT2D eigenvalue weighted by Gasteiger charge is 2.29. The first-order chi connectivity index (χ1) is 19.2. The van der Waals surface area contributed by atoms with E-state index in [0.717, 1.165) is 65.0 Å². The summed E-state index contributed by atoms with van der Waals surface area (Å²) < 4.78 is 8.54. The van der Waals surface area contributed by atoms with Crippen LogP contribution in [0.15, 0.2) is 48.5 Å². The summed E-state index contributed by atoms with van der Waals surface area (Å²) in [5, 5.41) is 7.30. The highest BCUT2D eigenvalue weighted by Crippen LogP contribution is 2.27. The fourth-order valence-corrected chi connectivity index (χ4v) is 7.02. The normalized spacial score (nSPS) is 20.7. The van der Waals surface area contributed by atoms with Crippen molar-refractivity contribution in [2.75, 3.05) is 33.2 Å². The summed E-state index contributed by atoms with van der Waals surface area (Å²) >= 11 is 3.81. The molecule has 1 unspecified atom stereocenters. The Morgan fingerprint density at radius 3 is 2.67 bits per heavy atom. The molecule has 2 N–H and O–H groups in total. The molecule has 0 bridgehead atoms. The first-order valence-corrected chi connectivity index (χ1v) is 16.1. The third-order valence-corrected chi connectivity index (χ3v) is 9.65. The number of ether oxygens (including phenoxy) is 1. The highest BCUT2D eigenvalue weighted by atomic mass is 127. The Hall–Kier alpha value is -2.21. The van der Waals surface area contributed by atoms with Gasteiger partial charge in [0, 0.05) is 43.5 Å². The van der Waals surface area contributed by atoms with Crippen LogP contribution in [-0.4, -0.2) is 73.0 Å². The molecule has 2 fully saturated rings. The average Bonchev–Trinajstić information content (AvgIpc) is 3.65. The topological polar surface area (TPSA) is 73.9 Å². The number of thiophene rings is 1. The Labute approximate surface area is 254 Å². The second kappa shape index (κ2) is 13.2. The van der Waals surface area contributed by atoms with Crippen molar-refractivity contribution in [3.63, 3.8) is 0 Å². The van der Waals surface area contributed by atoms with Crippen LogP contribution in [0, 0.1) is 9.49 Å². The SMILES string of the molecule is CC(C)C[C@H](NC(=O)c1cc2ccccc2s1)C(=O)N[C@H]1CCN(Cc2ccc(I)c(OC3CCN(C)C3)c2)C1. The van der Waals surface area contributed by atoms with Crippen molar-refractivity contribution in [1.82, 2.24) is 20.4 Å². The van der Waals surface area contributed by atoms with Gasteiger partial charge in [-0.3, -0.25) is 14.5 Å². The number of rotatable bonds is 10. The van der Waals surface area contributed by atoms with Crippen LogP contribution in [0.3, 0.4) is 0 Å². The second-order valence-electron chi connectivity index (χ2n) is 11.6. The molecular formula is C31H39IN4O3S. The van der Waals surface area contributed by atoms with Crippen molar-refractivity contribution < 1.29 is 14.3 Å². The predicted molar refractivity (Wildman–Crippen MR) is 170 cm³/mol. The zero-order valence-electron chi connectivity index (χ0n) is 23.5. The molecule has 3 aromatic rings. The maximum Gasteiger partial charge on any atom is 0.262 e. The van der Waals surface area contributed by atoms with Crippen molar-refractivity contribution in [1.29, 1.82) is 0 Å². The van der Waals surface area contributed by atoms with E-state index in [9.17, 15) is 9.59 Å². The summed E-state index contributed by atoms with van der Waals surface area (Å²) in [5.41, 5.74) is 1.22. The second-order valence-corrected chi connectivity index (χ2v) is 13.8. The summed E-state index contributed by atoms with van der Waals surface area (Å²) in [6.07, 6.45) is 2.80.